The van der Waals surface area contributed by atoms with E-state index in [2.05, 4.69) is 0 Å². The maximum absolute atomic E-state index is 13.5. The minimum absolute atomic E-state index is 0.0547. The molecule has 166 valence electrons. The number of halogens is 2. The van der Waals surface area contributed by atoms with Gasteiger partial charge in [-0.25, -0.2) is 12.8 Å². The first-order chi connectivity index (χ1) is 15.3. The highest BCUT2D eigenvalue weighted by molar-refractivity contribution is 7.93. The van der Waals surface area contributed by atoms with E-state index in [0.717, 1.165) is 5.56 Å². The molecule has 0 spiro atoms. The van der Waals surface area contributed by atoms with E-state index < -0.39 is 10.0 Å². The molecular weight excluding hydrogens is 451 g/mol. The molecular formula is C24H22ClFN2O3S. The van der Waals surface area contributed by atoms with Crippen molar-refractivity contribution in [3.8, 4) is 0 Å². The van der Waals surface area contributed by atoms with Crippen LogP contribution in [0.1, 0.15) is 28.4 Å². The summed E-state index contributed by atoms with van der Waals surface area (Å²) in [7, 11) is -3.95. The number of sulfonamides is 1. The fourth-order valence-electron chi connectivity index (χ4n) is 3.88. The Morgan fingerprint density at radius 1 is 1.09 bits per heavy atom. The van der Waals surface area contributed by atoms with Crippen LogP contribution in [0.2, 0.25) is 5.02 Å². The molecule has 0 aliphatic carbocycles. The molecule has 0 aromatic heterocycles. The van der Waals surface area contributed by atoms with Crippen molar-refractivity contribution in [1.82, 2.24) is 4.90 Å². The highest BCUT2D eigenvalue weighted by Gasteiger charge is 2.33. The topological polar surface area (TPSA) is 57.7 Å². The minimum atomic E-state index is -3.95. The molecule has 4 rings (SSSR count). The molecule has 0 fully saturated rings. The number of anilines is 1. The molecule has 1 aliphatic heterocycles. The summed E-state index contributed by atoms with van der Waals surface area (Å²) in [5.74, 6) is -0.733. The van der Waals surface area contributed by atoms with Gasteiger partial charge in [-0.1, -0.05) is 41.9 Å². The van der Waals surface area contributed by atoms with Gasteiger partial charge in [-0.3, -0.25) is 9.10 Å². The van der Waals surface area contributed by atoms with E-state index >= 15 is 0 Å². The van der Waals surface area contributed by atoms with Crippen LogP contribution in [-0.4, -0.2) is 32.3 Å². The van der Waals surface area contributed by atoms with E-state index in [1.807, 2.05) is 19.1 Å². The van der Waals surface area contributed by atoms with E-state index in [-0.39, 0.29) is 33.8 Å². The number of benzene rings is 3. The number of rotatable bonds is 6. The molecule has 0 N–H and O–H groups in total. The Labute approximate surface area is 192 Å². The Kier molecular flexibility index (Phi) is 6.22. The van der Waals surface area contributed by atoms with Gasteiger partial charge in [0.25, 0.3) is 15.9 Å². The molecule has 0 unspecified atom stereocenters. The molecule has 32 heavy (non-hydrogen) atoms. The second kappa shape index (κ2) is 8.92. The van der Waals surface area contributed by atoms with E-state index in [0.29, 0.717) is 30.8 Å². The van der Waals surface area contributed by atoms with Crippen LogP contribution in [0.25, 0.3) is 0 Å². The summed E-state index contributed by atoms with van der Waals surface area (Å²) >= 11 is 6.28. The summed E-state index contributed by atoms with van der Waals surface area (Å²) in [5, 5.41) is 0.0547. The number of hydrogen-bond acceptors (Lipinski definition) is 3. The lowest BCUT2D eigenvalue weighted by molar-refractivity contribution is 0.0752. The lowest BCUT2D eigenvalue weighted by Crippen LogP contribution is -2.32. The molecule has 0 saturated carbocycles. The van der Waals surface area contributed by atoms with Gasteiger partial charge in [0.1, 0.15) is 10.7 Å². The highest BCUT2D eigenvalue weighted by Crippen LogP contribution is 2.35. The Balaban J connectivity index is 1.65. The van der Waals surface area contributed by atoms with Crippen LogP contribution in [-0.2, 0) is 23.0 Å². The van der Waals surface area contributed by atoms with Crippen molar-refractivity contribution in [3.63, 3.8) is 0 Å². The number of amides is 1. The van der Waals surface area contributed by atoms with Gasteiger partial charge >= 0.3 is 0 Å². The van der Waals surface area contributed by atoms with Crippen LogP contribution < -0.4 is 4.31 Å². The van der Waals surface area contributed by atoms with Gasteiger partial charge in [0.2, 0.25) is 0 Å². The summed E-state index contributed by atoms with van der Waals surface area (Å²) in [6, 6.07) is 17.6. The Morgan fingerprint density at radius 2 is 1.88 bits per heavy atom. The smallest absolute Gasteiger partial charge is 0.265 e. The standard InChI is InChI=1S/C24H22ClFN2O3S/c1-2-27(16-17-6-5-8-20(26)14-17)24(29)19-10-11-21(25)23(15-19)32(30,31)28-13-12-18-7-3-4-9-22(18)28/h3-11,14-15H,2,12-13,16H2,1H3. The predicted octanol–water partition coefficient (Wildman–Crippen LogP) is 4.89. The predicted molar refractivity (Wildman–Crippen MR) is 123 cm³/mol. The highest BCUT2D eigenvalue weighted by atomic mass is 35.5. The van der Waals surface area contributed by atoms with Crippen LogP contribution in [0.5, 0.6) is 0 Å². The number of nitrogens with zero attached hydrogens (tertiary/aromatic N) is 2. The largest absolute Gasteiger partial charge is 0.335 e. The van der Waals surface area contributed by atoms with E-state index in [4.69, 9.17) is 11.6 Å². The summed E-state index contributed by atoms with van der Waals surface area (Å²) in [6.45, 7) is 2.71. The van der Waals surface area contributed by atoms with Crippen molar-refractivity contribution in [2.24, 2.45) is 0 Å². The average molecular weight is 473 g/mol. The van der Waals surface area contributed by atoms with Crippen molar-refractivity contribution in [2.75, 3.05) is 17.4 Å². The van der Waals surface area contributed by atoms with Crippen LogP contribution in [0, 0.1) is 5.82 Å². The van der Waals surface area contributed by atoms with E-state index in [9.17, 15) is 17.6 Å². The Bertz CT molecular complexity index is 1280. The van der Waals surface area contributed by atoms with E-state index in [1.165, 1.54) is 39.5 Å². The maximum Gasteiger partial charge on any atom is 0.265 e. The Morgan fingerprint density at radius 3 is 2.62 bits per heavy atom. The van der Waals surface area contributed by atoms with Crippen molar-refractivity contribution >= 4 is 33.2 Å². The average Bonchev–Trinajstić information content (AvgIpc) is 3.22. The number of para-hydroxylation sites is 1. The van der Waals surface area contributed by atoms with Crippen molar-refractivity contribution in [3.05, 3.63) is 94.3 Å². The van der Waals surface area contributed by atoms with Gasteiger partial charge in [0.05, 0.1) is 10.7 Å². The van der Waals surface area contributed by atoms with Gasteiger partial charge in [-0.05, 0) is 60.9 Å². The molecule has 0 bridgehead atoms. The molecule has 8 heteroatoms. The molecule has 3 aromatic rings. The molecule has 0 atom stereocenters. The quantitative estimate of drug-likeness (QED) is 0.513. The van der Waals surface area contributed by atoms with E-state index in [1.54, 1.807) is 24.3 Å². The zero-order valence-electron chi connectivity index (χ0n) is 17.5. The SMILES string of the molecule is CCN(Cc1cccc(F)c1)C(=O)c1ccc(Cl)c(S(=O)(=O)N2CCc3ccccc32)c1. The third-order valence-corrected chi connectivity index (χ3v) is 7.82. The third kappa shape index (κ3) is 4.23. The zero-order chi connectivity index (χ0) is 22.9. The first-order valence-electron chi connectivity index (χ1n) is 10.2. The zero-order valence-corrected chi connectivity index (χ0v) is 19.0. The second-order valence-corrected chi connectivity index (χ2v) is 9.79. The van der Waals surface area contributed by atoms with Crippen molar-refractivity contribution < 1.29 is 17.6 Å². The normalized spacial score (nSPS) is 13.2. The van der Waals surface area contributed by atoms with Crippen LogP contribution in [0.15, 0.2) is 71.6 Å². The molecule has 0 saturated heterocycles. The fraction of sp³-hybridized carbons (Fsp3) is 0.208. The van der Waals surface area contributed by atoms with Crippen LogP contribution >= 0.6 is 11.6 Å². The maximum atomic E-state index is 13.5. The van der Waals surface area contributed by atoms with Crippen molar-refractivity contribution in [2.45, 2.75) is 24.8 Å². The molecule has 1 amide bonds. The second-order valence-electron chi connectivity index (χ2n) is 7.55. The summed E-state index contributed by atoms with van der Waals surface area (Å²) < 4.78 is 41.7. The molecule has 3 aromatic carbocycles. The summed E-state index contributed by atoms with van der Waals surface area (Å²) in [6.07, 6.45) is 0.614. The number of hydrogen-bond donors (Lipinski definition) is 0. The first-order valence-corrected chi connectivity index (χ1v) is 12.1. The lowest BCUT2D eigenvalue weighted by Gasteiger charge is -2.23. The van der Waals surface area contributed by atoms with Gasteiger partial charge in [0.15, 0.2) is 0 Å². The summed E-state index contributed by atoms with van der Waals surface area (Å²) in [5.41, 5.74) is 2.43. The summed E-state index contributed by atoms with van der Waals surface area (Å²) in [4.78, 5) is 14.6. The van der Waals surface area contributed by atoms with Gasteiger partial charge in [-0.15, -0.1) is 0 Å². The molecule has 1 aliphatic rings. The minimum Gasteiger partial charge on any atom is -0.335 e. The van der Waals surface area contributed by atoms with Gasteiger partial charge < -0.3 is 4.90 Å². The van der Waals surface area contributed by atoms with Gasteiger partial charge in [0, 0.05) is 25.2 Å². The van der Waals surface area contributed by atoms with Gasteiger partial charge in [-0.2, -0.15) is 0 Å². The lowest BCUT2D eigenvalue weighted by atomic mass is 10.1. The fourth-order valence-corrected chi connectivity index (χ4v) is 5.88. The van der Waals surface area contributed by atoms with Crippen LogP contribution in [0.4, 0.5) is 10.1 Å². The Hall–Kier alpha value is -2.90. The van der Waals surface area contributed by atoms with Crippen molar-refractivity contribution in [1.29, 1.82) is 0 Å². The number of carbonyl (C=O) groups excluding carboxylic acids is 1. The first kappa shape index (κ1) is 22.3. The monoisotopic (exact) mass is 472 g/mol. The molecule has 1 heterocycles. The molecule has 0 radical (unpaired) electrons. The number of carbonyl (C=O) groups is 1. The third-order valence-electron chi connectivity index (χ3n) is 5.52. The number of fused-ring (bicyclic) bond motifs is 1. The molecule has 5 nitrogen and oxygen atoms in total. The van der Waals surface area contributed by atoms with Crippen LogP contribution in [0.3, 0.4) is 0 Å².